The van der Waals surface area contributed by atoms with Gasteiger partial charge in [-0.05, 0) is 221 Å². The smallest absolute Gasteiger partial charge is 0.0542 e. The molecule has 2 aromatic heterocycles. The Morgan fingerprint density at radius 3 is 1.41 bits per heavy atom. The van der Waals surface area contributed by atoms with Gasteiger partial charge in [-0.2, -0.15) is 0 Å². The number of aromatic nitrogens is 2. The molecule has 78 heavy (non-hydrogen) atoms. The van der Waals surface area contributed by atoms with Crippen LogP contribution in [-0.4, -0.2) is 14.7 Å². The summed E-state index contributed by atoms with van der Waals surface area (Å²) in [6.45, 7) is 23.3. The van der Waals surface area contributed by atoms with Gasteiger partial charge in [0.25, 0.3) is 0 Å². The molecule has 2 heterocycles. The van der Waals surface area contributed by atoms with Gasteiger partial charge in [0.1, 0.15) is 0 Å². The normalized spacial score (nSPS) is 15.7. The second-order valence-electron chi connectivity index (χ2n) is 24.8. The summed E-state index contributed by atoms with van der Waals surface area (Å²) in [5.74, 6) is 0.800. The Bertz CT molecular complexity index is 3940. The lowest BCUT2D eigenvalue weighted by Crippen LogP contribution is -2.48. The molecule has 1 fully saturated rings. The number of hydrogen-bond donors (Lipinski definition) is 0. The van der Waals surface area contributed by atoms with Crippen LogP contribution < -0.4 is 9.80 Å². The monoisotopic (exact) mass is 1020 g/mol. The Morgan fingerprint density at radius 2 is 0.923 bits per heavy atom. The molecule has 2 aliphatic carbocycles. The molecule has 0 saturated heterocycles. The molecule has 2 atom stereocenters. The summed E-state index contributed by atoms with van der Waals surface area (Å²) in [5.41, 5.74) is 23.1. The Kier molecular flexibility index (Phi) is 13.4. The number of rotatable bonds is 14. The highest BCUT2D eigenvalue weighted by Gasteiger charge is 2.44. The third-order valence-electron chi connectivity index (χ3n) is 17.3. The fraction of sp³-hybridized carbons (Fsp3) is 0.297. The van der Waals surface area contributed by atoms with Crippen LogP contribution in [0, 0.1) is 25.7 Å². The molecule has 12 rings (SSSR count). The van der Waals surface area contributed by atoms with Crippen LogP contribution in [0.25, 0.3) is 66.1 Å². The molecule has 4 heteroatoms. The van der Waals surface area contributed by atoms with E-state index >= 15 is 0 Å². The average molecular weight is 1020 g/mol. The van der Waals surface area contributed by atoms with Crippen LogP contribution in [-0.2, 0) is 18.3 Å². The Balaban J connectivity index is 1.03. The standard InChI is InChI=1S/C74H78N4/c1-11-13-21-51-27-35-65(49(3)43-51)77(67-41-42-72(60-34-33-59(60)67)78(74(8,9)10)66-36-28-52(22-14-12-2)44-50(66)4)58-32-40-71-64(48-58)62-46-54(30-38-69(62)76(71)57-25-19-16-20-26-57)53-29-37-68-61(45-53)63-47-55(73(5,6)7)31-39-70(63)75(68)56-23-17-15-18-24-56/h15-20,23-32,35-48,59-60H,11-14,21-22,33-34H2,1-10H3/t59-,60+/m0/s1. The first kappa shape index (κ1) is 51.2. The van der Waals surface area contributed by atoms with Crippen LogP contribution in [0.2, 0.25) is 0 Å². The van der Waals surface area contributed by atoms with E-state index in [1.807, 2.05) is 0 Å². The molecule has 10 aromatic rings. The molecule has 1 saturated carbocycles. The maximum absolute atomic E-state index is 2.68. The maximum atomic E-state index is 2.68. The number of nitrogens with zero attached hydrogens (tertiary/aromatic N) is 4. The molecule has 394 valence electrons. The van der Waals surface area contributed by atoms with E-state index in [2.05, 4.69) is 270 Å². The molecular formula is C74H78N4. The topological polar surface area (TPSA) is 16.3 Å². The number of fused-ring (bicyclic) bond motifs is 7. The van der Waals surface area contributed by atoms with Crippen molar-refractivity contribution in [2.24, 2.45) is 11.8 Å². The molecule has 4 nitrogen and oxygen atoms in total. The van der Waals surface area contributed by atoms with Crippen molar-refractivity contribution in [1.29, 1.82) is 0 Å². The number of allylic oxidation sites excluding steroid dienone is 4. The number of unbranched alkanes of at least 4 members (excludes halogenated alkanes) is 2. The van der Waals surface area contributed by atoms with Crippen LogP contribution in [0.15, 0.2) is 193 Å². The molecule has 0 amide bonds. The van der Waals surface area contributed by atoms with Crippen molar-refractivity contribution in [1.82, 2.24) is 9.13 Å². The number of benzene rings is 8. The van der Waals surface area contributed by atoms with E-state index in [4.69, 9.17) is 0 Å². The van der Waals surface area contributed by atoms with E-state index < -0.39 is 0 Å². The zero-order chi connectivity index (χ0) is 54.0. The largest absolute Gasteiger partial charge is 0.339 e. The van der Waals surface area contributed by atoms with Gasteiger partial charge in [-0.3, -0.25) is 0 Å². The summed E-state index contributed by atoms with van der Waals surface area (Å²) in [6, 6.07) is 64.9. The van der Waals surface area contributed by atoms with Crippen molar-refractivity contribution < 1.29 is 0 Å². The highest BCUT2D eigenvalue weighted by atomic mass is 15.2. The minimum absolute atomic E-state index is 0.0242. The van der Waals surface area contributed by atoms with Crippen molar-refractivity contribution >= 4 is 60.7 Å². The predicted molar refractivity (Wildman–Crippen MR) is 336 cm³/mol. The quantitative estimate of drug-likeness (QED) is 0.108. The van der Waals surface area contributed by atoms with Gasteiger partial charge in [0.15, 0.2) is 0 Å². The summed E-state index contributed by atoms with van der Waals surface area (Å²) >= 11 is 0. The summed E-state index contributed by atoms with van der Waals surface area (Å²) in [5, 5.41) is 5.06. The first-order valence-electron chi connectivity index (χ1n) is 29.2. The van der Waals surface area contributed by atoms with Gasteiger partial charge in [-0.25, -0.2) is 0 Å². The molecule has 0 N–H and O–H groups in total. The van der Waals surface area contributed by atoms with E-state index in [9.17, 15) is 0 Å². The first-order valence-corrected chi connectivity index (χ1v) is 29.2. The summed E-state index contributed by atoms with van der Waals surface area (Å²) in [4.78, 5) is 5.33. The number of hydrogen-bond acceptors (Lipinski definition) is 2. The molecular weight excluding hydrogens is 945 g/mol. The van der Waals surface area contributed by atoms with Gasteiger partial charge in [-0.1, -0.05) is 126 Å². The fourth-order valence-corrected chi connectivity index (χ4v) is 13.1. The van der Waals surface area contributed by atoms with E-state index in [0.717, 1.165) is 24.9 Å². The average Bonchev–Trinajstić information content (AvgIpc) is 4.05. The van der Waals surface area contributed by atoms with Gasteiger partial charge in [0.2, 0.25) is 0 Å². The van der Waals surface area contributed by atoms with Crippen LogP contribution in [0.4, 0.5) is 17.1 Å². The highest BCUT2D eigenvalue weighted by Crippen LogP contribution is 2.53. The van der Waals surface area contributed by atoms with Crippen molar-refractivity contribution in [2.75, 3.05) is 9.80 Å². The van der Waals surface area contributed by atoms with Crippen molar-refractivity contribution in [3.63, 3.8) is 0 Å². The van der Waals surface area contributed by atoms with E-state index in [1.165, 1.54) is 149 Å². The first-order chi connectivity index (χ1) is 37.7. The Hall–Kier alpha value is -7.56. The third kappa shape index (κ3) is 9.15. The van der Waals surface area contributed by atoms with Gasteiger partial charge in [0, 0.05) is 78.8 Å². The molecule has 8 aromatic carbocycles. The zero-order valence-electron chi connectivity index (χ0n) is 47.9. The lowest BCUT2D eigenvalue weighted by atomic mass is 9.66. The van der Waals surface area contributed by atoms with Gasteiger partial charge >= 0.3 is 0 Å². The SMILES string of the molecule is CCCCc1ccc(N(C2=CC=C(N(c3ccc(CCCC)cc3C)C(C)(C)C)[C@@H]3CC[C@H]23)c2ccc3c(c2)c2cc(-c4ccc5c(c4)c4cc(C(C)(C)C)ccc4n5-c4ccccc4)ccc2n3-c2ccccc2)c(C)c1. The number of aryl methyl sites for hydroxylation is 4. The van der Waals surface area contributed by atoms with Gasteiger partial charge < -0.3 is 18.9 Å². The minimum Gasteiger partial charge on any atom is -0.339 e. The number of para-hydroxylation sites is 2. The minimum atomic E-state index is -0.100. The molecule has 0 radical (unpaired) electrons. The Morgan fingerprint density at radius 1 is 0.462 bits per heavy atom. The van der Waals surface area contributed by atoms with Gasteiger partial charge in [-0.15, -0.1) is 0 Å². The van der Waals surface area contributed by atoms with E-state index in [1.54, 1.807) is 0 Å². The lowest BCUT2D eigenvalue weighted by molar-refractivity contribution is 0.237. The van der Waals surface area contributed by atoms with E-state index in [0.29, 0.717) is 11.8 Å². The highest BCUT2D eigenvalue weighted by molar-refractivity contribution is 6.13. The van der Waals surface area contributed by atoms with Crippen LogP contribution >= 0.6 is 0 Å². The van der Waals surface area contributed by atoms with E-state index in [-0.39, 0.29) is 11.0 Å². The molecule has 0 unspecified atom stereocenters. The second kappa shape index (κ2) is 20.3. The molecule has 0 spiro atoms. The van der Waals surface area contributed by atoms with Gasteiger partial charge in [0.05, 0.1) is 22.1 Å². The fourth-order valence-electron chi connectivity index (χ4n) is 13.1. The lowest BCUT2D eigenvalue weighted by Gasteiger charge is -2.51. The number of anilines is 3. The zero-order valence-corrected chi connectivity index (χ0v) is 47.9. The molecule has 0 aliphatic heterocycles. The van der Waals surface area contributed by atoms with Crippen molar-refractivity contribution in [3.05, 3.63) is 221 Å². The van der Waals surface area contributed by atoms with Crippen LogP contribution in [0.1, 0.15) is 122 Å². The summed E-state index contributed by atoms with van der Waals surface area (Å²) in [6.07, 6.45) is 14.4. The molecule has 0 bridgehead atoms. The van der Waals surface area contributed by atoms with Crippen molar-refractivity contribution in [3.8, 4) is 22.5 Å². The molecule has 2 aliphatic rings. The summed E-state index contributed by atoms with van der Waals surface area (Å²) in [7, 11) is 0. The van der Waals surface area contributed by atoms with Crippen LogP contribution in [0.5, 0.6) is 0 Å². The maximum Gasteiger partial charge on any atom is 0.0542 e. The second-order valence-corrected chi connectivity index (χ2v) is 24.8. The van der Waals surface area contributed by atoms with Crippen molar-refractivity contribution in [2.45, 2.75) is 132 Å². The summed E-state index contributed by atoms with van der Waals surface area (Å²) < 4.78 is 4.90. The predicted octanol–water partition coefficient (Wildman–Crippen LogP) is 20.4. The third-order valence-corrected chi connectivity index (χ3v) is 17.3. The van der Waals surface area contributed by atoms with Crippen LogP contribution in [0.3, 0.4) is 0 Å². The Labute approximate surface area is 464 Å².